The molecule has 116 valence electrons. The molecule has 1 aliphatic rings. The average molecular weight is 295 g/mol. The molecule has 1 aromatic rings. The molecule has 0 aromatic carbocycles. The van der Waals surface area contributed by atoms with Gasteiger partial charge in [0.15, 0.2) is 0 Å². The number of aromatic carboxylic acids is 1. The summed E-state index contributed by atoms with van der Waals surface area (Å²) in [5.41, 5.74) is -0.668. The van der Waals surface area contributed by atoms with Crippen molar-refractivity contribution in [3.63, 3.8) is 0 Å². The second kappa shape index (κ2) is 5.05. The molecule has 1 aromatic heterocycles. The number of hydrogen-bond donors (Lipinski definition) is 2. The maximum absolute atomic E-state index is 12.0. The van der Waals surface area contributed by atoms with Gasteiger partial charge in [-0.25, -0.2) is 9.59 Å². The summed E-state index contributed by atoms with van der Waals surface area (Å²) in [5.74, 6) is -1.05. The molecule has 0 atom stereocenters. The van der Waals surface area contributed by atoms with E-state index in [1.165, 1.54) is 10.9 Å². The third-order valence-electron chi connectivity index (χ3n) is 3.57. The van der Waals surface area contributed by atoms with Crippen LogP contribution in [0.2, 0.25) is 0 Å². The van der Waals surface area contributed by atoms with Crippen LogP contribution in [-0.2, 0) is 17.3 Å². The van der Waals surface area contributed by atoms with Crippen LogP contribution >= 0.6 is 0 Å². The van der Waals surface area contributed by atoms with E-state index in [1.54, 1.807) is 27.8 Å². The summed E-state index contributed by atoms with van der Waals surface area (Å²) in [6.45, 7) is 5.35. The fraction of sp³-hybridized carbons (Fsp3) is 0.643. The molecule has 1 heterocycles. The van der Waals surface area contributed by atoms with Crippen LogP contribution in [0, 0.1) is 0 Å². The number of nitrogens with one attached hydrogen (secondary N) is 1. The number of carbonyl (C=O) groups excluding carboxylic acids is 1. The molecule has 1 amide bonds. The van der Waals surface area contributed by atoms with E-state index in [2.05, 4.69) is 10.4 Å². The minimum Gasteiger partial charge on any atom is -0.478 e. The predicted octanol–water partition coefficient (Wildman–Crippen LogP) is 2.02. The van der Waals surface area contributed by atoms with Crippen LogP contribution in [0.15, 0.2) is 6.20 Å². The highest BCUT2D eigenvalue weighted by Gasteiger charge is 2.45. The number of carbonyl (C=O) groups is 2. The molecule has 0 bridgehead atoms. The first-order valence-corrected chi connectivity index (χ1v) is 6.91. The van der Waals surface area contributed by atoms with Gasteiger partial charge in [0.1, 0.15) is 11.2 Å². The van der Waals surface area contributed by atoms with E-state index >= 15 is 0 Å². The minimum absolute atomic E-state index is 0.119. The van der Waals surface area contributed by atoms with Gasteiger partial charge in [-0.15, -0.1) is 0 Å². The molecular formula is C14H21N3O4. The quantitative estimate of drug-likeness (QED) is 0.889. The Morgan fingerprint density at radius 2 is 2.05 bits per heavy atom. The molecule has 2 rings (SSSR count). The van der Waals surface area contributed by atoms with Crippen molar-refractivity contribution < 1.29 is 19.4 Å². The zero-order valence-electron chi connectivity index (χ0n) is 12.8. The Morgan fingerprint density at radius 1 is 1.43 bits per heavy atom. The van der Waals surface area contributed by atoms with Crippen molar-refractivity contribution in [2.45, 2.75) is 51.2 Å². The first-order chi connectivity index (χ1) is 9.65. The Bertz CT molecular complexity index is 567. The number of hydrogen-bond acceptors (Lipinski definition) is 4. The van der Waals surface area contributed by atoms with E-state index in [0.29, 0.717) is 18.5 Å². The van der Waals surface area contributed by atoms with Gasteiger partial charge in [0.25, 0.3) is 0 Å². The normalized spacial score (nSPS) is 17.0. The monoisotopic (exact) mass is 295 g/mol. The molecule has 0 spiro atoms. The summed E-state index contributed by atoms with van der Waals surface area (Å²) in [7, 11) is 1.68. The molecule has 1 fully saturated rings. The highest BCUT2D eigenvalue weighted by molar-refractivity contribution is 5.89. The van der Waals surface area contributed by atoms with E-state index in [4.69, 9.17) is 4.74 Å². The highest BCUT2D eigenvalue weighted by Crippen LogP contribution is 2.42. The van der Waals surface area contributed by atoms with Crippen molar-refractivity contribution in [3.05, 3.63) is 17.5 Å². The lowest BCUT2D eigenvalue weighted by Gasteiger charge is -2.42. The van der Waals surface area contributed by atoms with Gasteiger partial charge >= 0.3 is 12.1 Å². The smallest absolute Gasteiger partial charge is 0.408 e. The van der Waals surface area contributed by atoms with Gasteiger partial charge in [-0.3, -0.25) is 4.68 Å². The van der Waals surface area contributed by atoms with E-state index in [0.717, 1.165) is 6.42 Å². The van der Waals surface area contributed by atoms with Crippen LogP contribution in [-0.4, -0.2) is 32.6 Å². The Kier molecular flexibility index (Phi) is 3.69. The average Bonchev–Trinajstić information content (AvgIpc) is 2.63. The lowest BCUT2D eigenvalue weighted by molar-refractivity contribution is 0.0360. The predicted molar refractivity (Wildman–Crippen MR) is 75.1 cm³/mol. The summed E-state index contributed by atoms with van der Waals surface area (Å²) in [5, 5.41) is 16.1. The molecule has 0 aliphatic heterocycles. The Balaban J connectivity index is 2.29. The molecule has 0 saturated heterocycles. The standard InChI is InChI=1S/C14H21N3O4/c1-13(2,3)21-12(20)16-14(6-5-7-14)10-9(11(18)19)8-15-17(10)4/h8H,5-7H2,1-4H3,(H,16,20)(H,18,19). The third-order valence-corrected chi connectivity index (χ3v) is 3.57. The molecule has 21 heavy (non-hydrogen) atoms. The summed E-state index contributed by atoms with van der Waals surface area (Å²) in [6, 6.07) is 0. The van der Waals surface area contributed by atoms with Crippen LogP contribution in [0.25, 0.3) is 0 Å². The minimum atomic E-state index is -1.05. The van der Waals surface area contributed by atoms with Crippen LogP contribution in [0.3, 0.4) is 0 Å². The number of carboxylic acids is 1. The zero-order valence-corrected chi connectivity index (χ0v) is 12.8. The largest absolute Gasteiger partial charge is 0.478 e. The van der Waals surface area contributed by atoms with Crippen molar-refractivity contribution >= 4 is 12.1 Å². The molecule has 1 aliphatic carbocycles. The number of carboxylic acid groups (broad SMARTS) is 1. The highest BCUT2D eigenvalue weighted by atomic mass is 16.6. The third kappa shape index (κ3) is 3.01. The topological polar surface area (TPSA) is 93.5 Å². The van der Waals surface area contributed by atoms with E-state index in [1.807, 2.05) is 0 Å². The van der Waals surface area contributed by atoms with Crippen molar-refractivity contribution in [1.29, 1.82) is 0 Å². The summed E-state index contributed by atoms with van der Waals surface area (Å²) in [4.78, 5) is 23.4. The van der Waals surface area contributed by atoms with Crippen molar-refractivity contribution in [2.24, 2.45) is 7.05 Å². The second-order valence-electron chi connectivity index (χ2n) is 6.40. The fourth-order valence-corrected chi connectivity index (χ4v) is 2.61. The molecule has 7 heteroatoms. The number of nitrogens with zero attached hydrogens (tertiary/aromatic N) is 2. The maximum atomic E-state index is 12.0. The van der Waals surface area contributed by atoms with Crippen LogP contribution in [0.4, 0.5) is 4.79 Å². The lowest BCUT2D eigenvalue weighted by Crippen LogP contribution is -2.53. The summed E-state index contributed by atoms with van der Waals surface area (Å²) >= 11 is 0. The van der Waals surface area contributed by atoms with Gasteiger partial charge < -0.3 is 15.2 Å². The van der Waals surface area contributed by atoms with Crippen LogP contribution < -0.4 is 5.32 Å². The fourth-order valence-electron chi connectivity index (χ4n) is 2.61. The molecule has 2 N–H and O–H groups in total. The number of aryl methyl sites for hydroxylation is 1. The Labute approximate surface area is 123 Å². The van der Waals surface area contributed by atoms with Crippen LogP contribution in [0.1, 0.15) is 56.1 Å². The number of amides is 1. The molecule has 0 unspecified atom stereocenters. The van der Waals surface area contributed by atoms with E-state index in [-0.39, 0.29) is 5.56 Å². The number of rotatable bonds is 3. The van der Waals surface area contributed by atoms with Gasteiger partial charge in [-0.05, 0) is 40.0 Å². The Morgan fingerprint density at radius 3 is 2.48 bits per heavy atom. The first-order valence-electron chi connectivity index (χ1n) is 6.91. The first kappa shape index (κ1) is 15.3. The summed E-state index contributed by atoms with van der Waals surface area (Å²) in [6.07, 6.45) is 3.03. The van der Waals surface area contributed by atoms with Crippen molar-refractivity contribution in [2.75, 3.05) is 0 Å². The van der Waals surface area contributed by atoms with Gasteiger partial charge in [-0.1, -0.05) is 0 Å². The SMILES string of the molecule is Cn1ncc(C(=O)O)c1C1(NC(=O)OC(C)(C)C)CCC1. The van der Waals surface area contributed by atoms with Crippen molar-refractivity contribution in [1.82, 2.24) is 15.1 Å². The zero-order chi connectivity index (χ0) is 15.8. The van der Waals surface area contributed by atoms with E-state index in [9.17, 15) is 14.7 Å². The second-order valence-corrected chi connectivity index (χ2v) is 6.40. The molecule has 0 radical (unpaired) electrons. The van der Waals surface area contributed by atoms with Gasteiger partial charge in [0.05, 0.1) is 17.4 Å². The Hall–Kier alpha value is -2.05. The van der Waals surface area contributed by atoms with Gasteiger partial charge in [-0.2, -0.15) is 5.10 Å². The van der Waals surface area contributed by atoms with E-state index < -0.39 is 23.2 Å². The lowest BCUT2D eigenvalue weighted by atomic mass is 9.73. The van der Waals surface area contributed by atoms with Crippen LogP contribution in [0.5, 0.6) is 0 Å². The van der Waals surface area contributed by atoms with Gasteiger partial charge in [0.2, 0.25) is 0 Å². The molecule has 1 saturated carbocycles. The van der Waals surface area contributed by atoms with Gasteiger partial charge in [0, 0.05) is 7.05 Å². The maximum Gasteiger partial charge on any atom is 0.408 e. The summed E-state index contributed by atoms with van der Waals surface area (Å²) < 4.78 is 6.79. The molecule has 7 nitrogen and oxygen atoms in total. The number of aromatic nitrogens is 2. The van der Waals surface area contributed by atoms with Crippen molar-refractivity contribution in [3.8, 4) is 0 Å². The molecular weight excluding hydrogens is 274 g/mol. The number of alkyl carbamates (subject to hydrolysis) is 1. The number of ether oxygens (including phenoxy) is 1.